The van der Waals surface area contributed by atoms with Gasteiger partial charge in [-0.2, -0.15) is 5.10 Å². The van der Waals surface area contributed by atoms with Crippen molar-refractivity contribution in [1.29, 1.82) is 0 Å². The monoisotopic (exact) mass is 214 g/mol. The highest BCUT2D eigenvalue weighted by Crippen LogP contribution is 2.08. The van der Waals surface area contributed by atoms with E-state index in [0.29, 0.717) is 19.8 Å². The lowest BCUT2D eigenvalue weighted by atomic mass is 10.2. The van der Waals surface area contributed by atoms with Crippen LogP contribution in [0.1, 0.15) is 11.7 Å². The molecule has 1 atom stereocenters. The Kier molecular flexibility index (Phi) is 5.27. The SMILES string of the molecule is COCCOCC(NN)c1ccn(C)n1. The van der Waals surface area contributed by atoms with Gasteiger partial charge in [0, 0.05) is 20.4 Å². The maximum atomic E-state index is 5.42. The molecule has 1 unspecified atom stereocenters. The van der Waals surface area contributed by atoms with Gasteiger partial charge in [0.15, 0.2) is 0 Å². The first-order chi connectivity index (χ1) is 7.27. The molecule has 1 rings (SSSR count). The van der Waals surface area contributed by atoms with E-state index in [4.69, 9.17) is 15.3 Å². The Morgan fingerprint density at radius 2 is 2.40 bits per heavy atom. The van der Waals surface area contributed by atoms with Gasteiger partial charge in [0.2, 0.25) is 0 Å². The number of rotatable bonds is 7. The van der Waals surface area contributed by atoms with E-state index >= 15 is 0 Å². The summed E-state index contributed by atoms with van der Waals surface area (Å²) in [5.74, 6) is 5.42. The predicted octanol–water partition coefficient (Wildman–Crippen LogP) is -0.412. The molecule has 0 aliphatic rings. The summed E-state index contributed by atoms with van der Waals surface area (Å²) in [6.07, 6.45) is 1.87. The number of nitrogens with two attached hydrogens (primary N) is 1. The molecule has 0 aliphatic heterocycles. The third kappa shape index (κ3) is 3.96. The molecule has 1 heterocycles. The van der Waals surface area contributed by atoms with Gasteiger partial charge in [0.1, 0.15) is 0 Å². The minimum absolute atomic E-state index is 0.0805. The zero-order valence-electron chi connectivity index (χ0n) is 9.14. The van der Waals surface area contributed by atoms with Crippen molar-refractivity contribution in [2.75, 3.05) is 26.9 Å². The third-order valence-corrected chi connectivity index (χ3v) is 2.01. The largest absolute Gasteiger partial charge is 0.382 e. The second-order valence-corrected chi connectivity index (χ2v) is 3.20. The molecule has 0 saturated heterocycles. The molecular weight excluding hydrogens is 196 g/mol. The molecule has 1 aromatic heterocycles. The molecule has 3 N–H and O–H groups in total. The molecule has 0 saturated carbocycles. The van der Waals surface area contributed by atoms with E-state index in [9.17, 15) is 0 Å². The van der Waals surface area contributed by atoms with E-state index < -0.39 is 0 Å². The Balaban J connectivity index is 2.35. The summed E-state index contributed by atoms with van der Waals surface area (Å²) in [7, 11) is 3.50. The lowest BCUT2D eigenvalue weighted by Crippen LogP contribution is -2.32. The number of ether oxygens (including phenoxy) is 2. The molecule has 0 aliphatic carbocycles. The minimum atomic E-state index is -0.0805. The molecule has 0 amide bonds. The lowest BCUT2D eigenvalue weighted by molar-refractivity contribution is 0.0579. The summed E-state index contributed by atoms with van der Waals surface area (Å²) < 4.78 is 12.0. The highest BCUT2D eigenvalue weighted by molar-refractivity contribution is 5.04. The fraction of sp³-hybridized carbons (Fsp3) is 0.667. The Labute approximate surface area is 89.3 Å². The smallest absolute Gasteiger partial charge is 0.0883 e. The van der Waals surface area contributed by atoms with Gasteiger partial charge >= 0.3 is 0 Å². The first kappa shape index (κ1) is 12.1. The van der Waals surface area contributed by atoms with Crippen molar-refractivity contribution in [3.63, 3.8) is 0 Å². The average Bonchev–Trinajstić information content (AvgIpc) is 2.65. The van der Waals surface area contributed by atoms with Crippen LogP contribution in [0.4, 0.5) is 0 Å². The second-order valence-electron chi connectivity index (χ2n) is 3.20. The van der Waals surface area contributed by atoms with Crippen molar-refractivity contribution in [3.05, 3.63) is 18.0 Å². The van der Waals surface area contributed by atoms with E-state index in [0.717, 1.165) is 5.69 Å². The number of nitrogens with one attached hydrogen (secondary N) is 1. The van der Waals surface area contributed by atoms with Crippen LogP contribution in [0.5, 0.6) is 0 Å². The molecule has 0 aromatic carbocycles. The Bertz CT molecular complexity index is 277. The van der Waals surface area contributed by atoms with Crippen molar-refractivity contribution in [1.82, 2.24) is 15.2 Å². The summed E-state index contributed by atoms with van der Waals surface area (Å²) in [6.45, 7) is 1.62. The van der Waals surface area contributed by atoms with Crippen molar-refractivity contribution >= 4 is 0 Å². The summed E-state index contributed by atoms with van der Waals surface area (Å²) >= 11 is 0. The number of hydrazine groups is 1. The normalized spacial score (nSPS) is 13.0. The van der Waals surface area contributed by atoms with Gasteiger partial charge in [0.25, 0.3) is 0 Å². The van der Waals surface area contributed by atoms with Gasteiger partial charge in [-0.3, -0.25) is 10.5 Å². The number of aromatic nitrogens is 2. The van der Waals surface area contributed by atoms with Crippen molar-refractivity contribution in [2.24, 2.45) is 12.9 Å². The molecule has 1 aromatic rings. The third-order valence-electron chi connectivity index (χ3n) is 2.01. The van der Waals surface area contributed by atoms with Crippen molar-refractivity contribution in [2.45, 2.75) is 6.04 Å². The molecule has 0 bridgehead atoms. The van der Waals surface area contributed by atoms with Crippen LogP contribution in [-0.2, 0) is 16.5 Å². The highest BCUT2D eigenvalue weighted by Gasteiger charge is 2.12. The zero-order valence-corrected chi connectivity index (χ0v) is 9.14. The number of hydrogen-bond acceptors (Lipinski definition) is 5. The number of nitrogens with zero attached hydrogens (tertiary/aromatic N) is 2. The summed E-state index contributed by atoms with van der Waals surface area (Å²) in [4.78, 5) is 0. The van der Waals surface area contributed by atoms with Gasteiger partial charge in [-0.25, -0.2) is 5.43 Å². The van der Waals surface area contributed by atoms with Crippen LogP contribution in [0, 0.1) is 0 Å². The fourth-order valence-corrected chi connectivity index (χ4v) is 1.18. The van der Waals surface area contributed by atoms with Crippen LogP contribution in [0.2, 0.25) is 0 Å². The van der Waals surface area contributed by atoms with E-state index in [1.165, 1.54) is 0 Å². The quantitative estimate of drug-likeness (QED) is 0.366. The van der Waals surface area contributed by atoms with Crippen molar-refractivity contribution in [3.8, 4) is 0 Å². The number of hydrogen-bond donors (Lipinski definition) is 2. The molecule has 6 heteroatoms. The Morgan fingerprint density at radius 3 is 2.93 bits per heavy atom. The van der Waals surface area contributed by atoms with Gasteiger partial charge in [-0.15, -0.1) is 0 Å². The van der Waals surface area contributed by atoms with E-state index in [1.54, 1.807) is 11.8 Å². The van der Waals surface area contributed by atoms with Crippen LogP contribution >= 0.6 is 0 Å². The van der Waals surface area contributed by atoms with E-state index in [2.05, 4.69) is 10.5 Å². The first-order valence-electron chi connectivity index (χ1n) is 4.80. The standard InChI is InChI=1S/C9H18N4O2/c1-13-4-3-8(12-13)9(11-10)7-15-6-5-14-2/h3-4,9,11H,5-7,10H2,1-2H3. The maximum absolute atomic E-state index is 5.42. The van der Waals surface area contributed by atoms with Crippen molar-refractivity contribution < 1.29 is 9.47 Å². The molecule has 15 heavy (non-hydrogen) atoms. The average molecular weight is 214 g/mol. The Morgan fingerprint density at radius 1 is 1.60 bits per heavy atom. The van der Waals surface area contributed by atoms with E-state index in [-0.39, 0.29) is 6.04 Å². The molecular formula is C9H18N4O2. The molecule has 0 spiro atoms. The Hall–Kier alpha value is -0.950. The highest BCUT2D eigenvalue weighted by atomic mass is 16.5. The molecule has 0 radical (unpaired) electrons. The van der Waals surface area contributed by atoms with Crippen LogP contribution in [-0.4, -0.2) is 36.7 Å². The lowest BCUT2D eigenvalue weighted by Gasteiger charge is -2.13. The minimum Gasteiger partial charge on any atom is -0.382 e. The maximum Gasteiger partial charge on any atom is 0.0883 e. The van der Waals surface area contributed by atoms with Gasteiger partial charge in [0.05, 0.1) is 31.6 Å². The molecule has 86 valence electrons. The summed E-state index contributed by atoms with van der Waals surface area (Å²) in [6, 6.07) is 1.83. The van der Waals surface area contributed by atoms with E-state index in [1.807, 2.05) is 19.3 Å². The number of aryl methyl sites for hydroxylation is 1. The zero-order chi connectivity index (χ0) is 11.1. The topological polar surface area (TPSA) is 74.3 Å². The van der Waals surface area contributed by atoms with Crippen LogP contribution in [0.3, 0.4) is 0 Å². The van der Waals surface area contributed by atoms with Crippen LogP contribution in [0.25, 0.3) is 0 Å². The second kappa shape index (κ2) is 6.52. The summed E-state index contributed by atoms with van der Waals surface area (Å²) in [5.41, 5.74) is 3.54. The number of methoxy groups -OCH3 is 1. The van der Waals surface area contributed by atoms with Gasteiger partial charge in [-0.1, -0.05) is 0 Å². The first-order valence-corrected chi connectivity index (χ1v) is 4.80. The summed E-state index contributed by atoms with van der Waals surface area (Å²) in [5, 5.41) is 4.24. The fourth-order valence-electron chi connectivity index (χ4n) is 1.18. The molecule has 0 fully saturated rings. The molecule has 6 nitrogen and oxygen atoms in total. The van der Waals surface area contributed by atoms with Crippen LogP contribution < -0.4 is 11.3 Å². The van der Waals surface area contributed by atoms with Gasteiger partial charge < -0.3 is 9.47 Å². The van der Waals surface area contributed by atoms with Gasteiger partial charge in [-0.05, 0) is 6.07 Å². The van der Waals surface area contributed by atoms with Crippen LogP contribution in [0.15, 0.2) is 12.3 Å². The predicted molar refractivity (Wildman–Crippen MR) is 56.0 cm³/mol.